The summed E-state index contributed by atoms with van der Waals surface area (Å²) >= 11 is 5.85. The Kier molecular flexibility index (Phi) is 5.38. The number of nitrogens with two attached hydrogens (primary N) is 1. The molecular formula is C12H16ClFN2O. The molecule has 1 aromatic rings. The quantitative estimate of drug-likeness (QED) is 0.876. The molecule has 0 radical (unpaired) electrons. The van der Waals surface area contributed by atoms with Crippen LogP contribution < -0.4 is 5.73 Å². The summed E-state index contributed by atoms with van der Waals surface area (Å²) in [5, 5.41) is 0.283. The van der Waals surface area contributed by atoms with Gasteiger partial charge in [-0.15, -0.1) is 0 Å². The van der Waals surface area contributed by atoms with Crippen molar-refractivity contribution in [3.8, 4) is 0 Å². The van der Waals surface area contributed by atoms with E-state index in [1.807, 2.05) is 0 Å². The van der Waals surface area contributed by atoms with Crippen LogP contribution in [-0.4, -0.2) is 30.9 Å². The Bertz CT molecular complexity index is 378. The van der Waals surface area contributed by atoms with Gasteiger partial charge in [0.25, 0.3) is 0 Å². The maximum atomic E-state index is 13.5. The number of carbonyl (C=O) groups is 1. The van der Waals surface area contributed by atoms with E-state index in [0.29, 0.717) is 13.1 Å². The molecule has 0 aliphatic heterocycles. The third kappa shape index (κ3) is 3.98. The smallest absolute Gasteiger partial charge is 0.226 e. The first-order valence-electron chi connectivity index (χ1n) is 5.43. The fourth-order valence-electron chi connectivity index (χ4n) is 1.44. The molecule has 0 saturated carbocycles. The molecule has 0 unspecified atom stereocenters. The number of carbonyl (C=O) groups excluding carboxylic acids is 1. The molecule has 94 valence electrons. The van der Waals surface area contributed by atoms with Crippen molar-refractivity contribution >= 4 is 17.5 Å². The van der Waals surface area contributed by atoms with Gasteiger partial charge in [-0.05, 0) is 25.1 Å². The van der Waals surface area contributed by atoms with E-state index in [0.717, 1.165) is 6.42 Å². The van der Waals surface area contributed by atoms with Crippen LogP contribution in [0.25, 0.3) is 0 Å². The number of rotatable bonds is 5. The highest BCUT2D eigenvalue weighted by atomic mass is 35.5. The largest absolute Gasteiger partial charge is 0.345 e. The summed E-state index contributed by atoms with van der Waals surface area (Å²) in [5.41, 5.74) is 5.61. The van der Waals surface area contributed by atoms with Crippen molar-refractivity contribution in [2.75, 3.05) is 20.1 Å². The zero-order valence-electron chi connectivity index (χ0n) is 9.75. The Morgan fingerprint density at radius 3 is 2.82 bits per heavy atom. The van der Waals surface area contributed by atoms with Crippen molar-refractivity contribution in [1.82, 2.24) is 4.90 Å². The molecule has 0 aromatic heterocycles. The van der Waals surface area contributed by atoms with Crippen LogP contribution in [0.4, 0.5) is 4.39 Å². The molecule has 0 atom stereocenters. The minimum Gasteiger partial charge on any atom is -0.345 e. The fraction of sp³-hybridized carbons (Fsp3) is 0.417. The van der Waals surface area contributed by atoms with Crippen molar-refractivity contribution in [3.63, 3.8) is 0 Å². The molecule has 1 rings (SSSR count). The van der Waals surface area contributed by atoms with Crippen molar-refractivity contribution in [2.45, 2.75) is 12.8 Å². The second-order valence-corrected chi connectivity index (χ2v) is 4.24. The van der Waals surface area contributed by atoms with Crippen LogP contribution in [0, 0.1) is 5.82 Å². The van der Waals surface area contributed by atoms with Crippen molar-refractivity contribution < 1.29 is 9.18 Å². The zero-order valence-corrected chi connectivity index (χ0v) is 10.5. The van der Waals surface area contributed by atoms with E-state index >= 15 is 0 Å². The van der Waals surface area contributed by atoms with Crippen LogP contribution in [0.1, 0.15) is 12.0 Å². The summed E-state index contributed by atoms with van der Waals surface area (Å²) < 4.78 is 13.5. The summed E-state index contributed by atoms with van der Waals surface area (Å²) in [6.45, 7) is 1.10. The molecule has 0 saturated heterocycles. The molecule has 0 heterocycles. The third-order valence-corrected chi connectivity index (χ3v) is 2.87. The van der Waals surface area contributed by atoms with Gasteiger partial charge in [-0.1, -0.05) is 17.7 Å². The lowest BCUT2D eigenvalue weighted by Gasteiger charge is -2.17. The Morgan fingerprint density at radius 2 is 2.24 bits per heavy atom. The summed E-state index contributed by atoms with van der Waals surface area (Å²) in [4.78, 5) is 13.3. The monoisotopic (exact) mass is 258 g/mol. The number of benzene rings is 1. The van der Waals surface area contributed by atoms with Crippen molar-refractivity contribution in [1.29, 1.82) is 0 Å². The van der Waals surface area contributed by atoms with E-state index in [2.05, 4.69) is 0 Å². The zero-order chi connectivity index (χ0) is 12.8. The number of hydrogen-bond donors (Lipinski definition) is 1. The Morgan fingerprint density at radius 1 is 1.53 bits per heavy atom. The lowest BCUT2D eigenvalue weighted by molar-refractivity contribution is -0.129. The summed E-state index contributed by atoms with van der Waals surface area (Å²) in [5.74, 6) is -0.608. The minimum absolute atomic E-state index is 0.0213. The fourth-order valence-corrected chi connectivity index (χ4v) is 1.67. The molecule has 0 bridgehead atoms. The Balaban J connectivity index is 2.68. The molecule has 0 spiro atoms. The van der Waals surface area contributed by atoms with Crippen molar-refractivity contribution in [2.24, 2.45) is 5.73 Å². The molecule has 0 aliphatic carbocycles. The summed E-state index contributed by atoms with van der Waals surface area (Å²) in [7, 11) is 1.67. The second kappa shape index (κ2) is 6.57. The van der Waals surface area contributed by atoms with Gasteiger partial charge in [-0.25, -0.2) is 4.39 Å². The van der Waals surface area contributed by atoms with Crippen LogP contribution in [0.3, 0.4) is 0 Å². The van der Waals surface area contributed by atoms with E-state index in [4.69, 9.17) is 17.3 Å². The Labute approximate surface area is 105 Å². The number of hydrogen-bond acceptors (Lipinski definition) is 2. The van der Waals surface area contributed by atoms with E-state index < -0.39 is 5.82 Å². The highest BCUT2D eigenvalue weighted by Gasteiger charge is 2.14. The van der Waals surface area contributed by atoms with Gasteiger partial charge in [0.15, 0.2) is 0 Å². The highest BCUT2D eigenvalue weighted by Crippen LogP contribution is 2.19. The van der Waals surface area contributed by atoms with E-state index in [1.54, 1.807) is 13.1 Å². The summed E-state index contributed by atoms with van der Waals surface area (Å²) in [6.07, 6.45) is 0.708. The van der Waals surface area contributed by atoms with Gasteiger partial charge in [-0.2, -0.15) is 0 Å². The number of likely N-dealkylation sites (N-methyl/N-ethyl adjacent to an activating group) is 1. The lowest BCUT2D eigenvalue weighted by atomic mass is 10.1. The van der Waals surface area contributed by atoms with Crippen molar-refractivity contribution in [3.05, 3.63) is 34.6 Å². The van der Waals surface area contributed by atoms with E-state index in [1.165, 1.54) is 17.0 Å². The minimum atomic E-state index is -0.446. The predicted octanol–water partition coefficient (Wildman–Crippen LogP) is 1.83. The molecule has 2 N–H and O–H groups in total. The molecule has 1 aromatic carbocycles. The average molecular weight is 259 g/mol. The molecule has 0 aliphatic rings. The van der Waals surface area contributed by atoms with Gasteiger partial charge in [0, 0.05) is 24.2 Å². The molecule has 5 heteroatoms. The number of halogens is 2. The average Bonchev–Trinajstić information content (AvgIpc) is 2.30. The standard InChI is InChI=1S/C12H16ClFN2O/c1-16(7-3-6-15)12(17)8-9-10(13)4-2-5-11(9)14/h2,4-5H,3,6-8,15H2,1H3. The first-order chi connectivity index (χ1) is 8.06. The van der Waals surface area contributed by atoms with E-state index in [-0.39, 0.29) is 22.9 Å². The van der Waals surface area contributed by atoms with Gasteiger partial charge >= 0.3 is 0 Å². The normalized spacial score (nSPS) is 10.4. The maximum Gasteiger partial charge on any atom is 0.226 e. The van der Waals surface area contributed by atoms with Gasteiger partial charge in [0.1, 0.15) is 5.82 Å². The second-order valence-electron chi connectivity index (χ2n) is 3.83. The van der Waals surface area contributed by atoms with Gasteiger partial charge in [0.2, 0.25) is 5.91 Å². The van der Waals surface area contributed by atoms with Crippen LogP contribution >= 0.6 is 11.6 Å². The summed E-state index contributed by atoms with van der Waals surface area (Å²) in [6, 6.07) is 4.39. The Hall–Kier alpha value is -1.13. The van der Waals surface area contributed by atoms with Gasteiger partial charge in [-0.3, -0.25) is 4.79 Å². The maximum absolute atomic E-state index is 13.5. The first-order valence-corrected chi connectivity index (χ1v) is 5.81. The van der Waals surface area contributed by atoms with Gasteiger partial charge in [0.05, 0.1) is 6.42 Å². The number of nitrogens with zero attached hydrogens (tertiary/aromatic N) is 1. The van der Waals surface area contributed by atoms with E-state index in [9.17, 15) is 9.18 Å². The first kappa shape index (κ1) is 13.9. The molecule has 0 fully saturated rings. The lowest BCUT2D eigenvalue weighted by Crippen LogP contribution is -2.30. The topological polar surface area (TPSA) is 46.3 Å². The SMILES string of the molecule is CN(CCCN)C(=O)Cc1c(F)cccc1Cl. The molecule has 3 nitrogen and oxygen atoms in total. The van der Waals surface area contributed by atoms with Gasteiger partial charge < -0.3 is 10.6 Å². The highest BCUT2D eigenvalue weighted by molar-refractivity contribution is 6.31. The van der Waals surface area contributed by atoms with Crippen LogP contribution in [0.2, 0.25) is 5.02 Å². The van der Waals surface area contributed by atoms with Crippen LogP contribution in [0.15, 0.2) is 18.2 Å². The molecule has 17 heavy (non-hydrogen) atoms. The molecular weight excluding hydrogens is 243 g/mol. The number of amides is 1. The predicted molar refractivity (Wildman–Crippen MR) is 66.4 cm³/mol. The van der Waals surface area contributed by atoms with Crippen LogP contribution in [0.5, 0.6) is 0 Å². The molecule has 1 amide bonds. The van der Waals surface area contributed by atoms with Crippen LogP contribution in [-0.2, 0) is 11.2 Å². The third-order valence-electron chi connectivity index (χ3n) is 2.51.